The Morgan fingerprint density at radius 2 is 1.20 bits per heavy atom. The predicted molar refractivity (Wildman–Crippen MR) is 205 cm³/mol. The lowest BCUT2D eigenvalue weighted by atomic mass is 10.0. The molecule has 228 valence electrons. The molecule has 0 amide bonds. The smallest absolute Gasteiger partial charge is 0.247 e. The highest BCUT2D eigenvalue weighted by Gasteiger charge is 2.23. The van der Waals surface area contributed by atoms with Gasteiger partial charge in [-0.15, -0.1) is 11.3 Å². The van der Waals surface area contributed by atoms with Crippen molar-refractivity contribution in [2.24, 2.45) is 0 Å². The Labute approximate surface area is 284 Å². The standard InChI is InChI=1S/C44H25N3OS/c1-2-10-26(11-3-1)27-18-20-29(21-19-27)40-43(45-41-33-15-7-9-17-38(33)48-44(41)46-40)47-36-16-8-6-14-31(36)34-25-39-35(24-37(34)47)32-23-22-28-12-4-5-13-30(28)42(32)49-39/h1-25H. The second kappa shape index (κ2) is 10.1. The highest BCUT2D eigenvalue weighted by Crippen LogP contribution is 2.44. The third-order valence-corrected chi connectivity index (χ3v) is 11.0. The van der Waals surface area contributed by atoms with Gasteiger partial charge in [-0.3, -0.25) is 4.57 Å². The fourth-order valence-electron chi connectivity index (χ4n) is 7.51. The molecule has 4 nitrogen and oxygen atoms in total. The normalized spacial score (nSPS) is 12.1. The molecular formula is C44H25N3OS. The highest BCUT2D eigenvalue weighted by atomic mass is 32.1. The van der Waals surface area contributed by atoms with E-state index in [0.29, 0.717) is 5.71 Å². The summed E-state index contributed by atoms with van der Waals surface area (Å²) in [4.78, 5) is 10.7. The van der Waals surface area contributed by atoms with Crippen LogP contribution in [-0.2, 0) is 0 Å². The molecule has 0 saturated heterocycles. The Balaban J connectivity index is 1.24. The third kappa shape index (κ3) is 3.91. The number of aromatic nitrogens is 3. The summed E-state index contributed by atoms with van der Waals surface area (Å²) in [5.74, 6) is 0.780. The van der Waals surface area contributed by atoms with Crippen molar-refractivity contribution in [1.29, 1.82) is 0 Å². The van der Waals surface area contributed by atoms with Crippen molar-refractivity contribution in [3.63, 3.8) is 0 Å². The largest absolute Gasteiger partial charge is 0.436 e. The van der Waals surface area contributed by atoms with Crippen LogP contribution in [0.25, 0.3) is 103 Å². The molecule has 11 aromatic rings. The molecule has 0 unspecified atom stereocenters. The maximum Gasteiger partial charge on any atom is 0.247 e. The van der Waals surface area contributed by atoms with Gasteiger partial charge in [-0.05, 0) is 52.2 Å². The first-order chi connectivity index (χ1) is 24.3. The van der Waals surface area contributed by atoms with E-state index in [0.717, 1.165) is 50.2 Å². The van der Waals surface area contributed by atoms with E-state index in [1.807, 2.05) is 35.6 Å². The molecule has 0 N–H and O–H groups in total. The molecule has 7 aromatic carbocycles. The number of hydrogen-bond donors (Lipinski definition) is 0. The second-order valence-electron chi connectivity index (χ2n) is 12.6. The van der Waals surface area contributed by atoms with Gasteiger partial charge in [0.15, 0.2) is 5.82 Å². The second-order valence-corrected chi connectivity index (χ2v) is 13.6. The number of benzene rings is 7. The average molecular weight is 644 g/mol. The first-order valence-corrected chi connectivity index (χ1v) is 17.2. The van der Waals surface area contributed by atoms with Gasteiger partial charge in [0.2, 0.25) is 5.71 Å². The Bertz CT molecular complexity index is 3100. The first-order valence-electron chi connectivity index (χ1n) is 16.4. The minimum atomic E-state index is 0.533. The van der Waals surface area contributed by atoms with Crippen molar-refractivity contribution in [2.75, 3.05) is 0 Å². The van der Waals surface area contributed by atoms with E-state index in [4.69, 9.17) is 14.4 Å². The monoisotopic (exact) mass is 643 g/mol. The van der Waals surface area contributed by atoms with E-state index in [-0.39, 0.29) is 0 Å². The molecule has 49 heavy (non-hydrogen) atoms. The zero-order valence-corrected chi connectivity index (χ0v) is 26.9. The van der Waals surface area contributed by atoms with Crippen LogP contribution in [0.15, 0.2) is 156 Å². The van der Waals surface area contributed by atoms with E-state index in [1.54, 1.807) is 0 Å². The van der Waals surface area contributed by atoms with Crippen LogP contribution in [0.3, 0.4) is 0 Å². The van der Waals surface area contributed by atoms with Crippen LogP contribution in [0, 0.1) is 0 Å². The fraction of sp³-hybridized carbons (Fsp3) is 0. The molecular weight excluding hydrogens is 619 g/mol. The van der Waals surface area contributed by atoms with Gasteiger partial charge in [-0.2, -0.15) is 0 Å². The predicted octanol–water partition coefficient (Wildman–Crippen LogP) is 12.3. The lowest BCUT2D eigenvalue weighted by molar-refractivity contribution is 0.653. The fourth-order valence-corrected chi connectivity index (χ4v) is 8.77. The van der Waals surface area contributed by atoms with Crippen LogP contribution in [0.1, 0.15) is 0 Å². The van der Waals surface area contributed by atoms with Gasteiger partial charge in [0, 0.05) is 41.9 Å². The van der Waals surface area contributed by atoms with Crippen LogP contribution in [0.2, 0.25) is 0 Å². The van der Waals surface area contributed by atoms with Crippen molar-refractivity contribution in [3.8, 4) is 28.2 Å². The Kier molecular flexibility index (Phi) is 5.51. The molecule has 0 fully saturated rings. The molecule has 11 rings (SSSR count). The van der Waals surface area contributed by atoms with Gasteiger partial charge < -0.3 is 4.42 Å². The molecule has 0 bridgehead atoms. The van der Waals surface area contributed by atoms with Crippen LogP contribution in [0.4, 0.5) is 0 Å². The van der Waals surface area contributed by atoms with Crippen molar-refractivity contribution >= 4 is 86.3 Å². The average Bonchev–Trinajstić information content (AvgIpc) is 3.82. The minimum Gasteiger partial charge on any atom is -0.436 e. The summed E-state index contributed by atoms with van der Waals surface area (Å²) in [6.45, 7) is 0. The molecule has 0 radical (unpaired) electrons. The first kappa shape index (κ1) is 26.7. The number of para-hydroxylation sites is 2. The number of fused-ring (bicyclic) bond motifs is 11. The Hall–Kier alpha value is -6.30. The van der Waals surface area contributed by atoms with Crippen LogP contribution >= 0.6 is 11.3 Å². The molecule has 4 heterocycles. The summed E-state index contributed by atoms with van der Waals surface area (Å²) in [7, 11) is 0. The third-order valence-electron chi connectivity index (χ3n) is 9.83. The lowest BCUT2D eigenvalue weighted by Crippen LogP contribution is -2.03. The van der Waals surface area contributed by atoms with Crippen LogP contribution in [-0.4, -0.2) is 14.5 Å². The lowest BCUT2D eigenvalue weighted by Gasteiger charge is -2.13. The van der Waals surface area contributed by atoms with E-state index in [2.05, 4.69) is 132 Å². The highest BCUT2D eigenvalue weighted by molar-refractivity contribution is 7.26. The summed E-state index contributed by atoms with van der Waals surface area (Å²) < 4.78 is 11.2. The maximum atomic E-state index is 6.30. The number of nitrogens with zero attached hydrogens (tertiary/aromatic N) is 3. The summed E-state index contributed by atoms with van der Waals surface area (Å²) in [6, 6.07) is 53.7. The van der Waals surface area contributed by atoms with Gasteiger partial charge in [0.1, 0.15) is 16.8 Å². The van der Waals surface area contributed by atoms with Gasteiger partial charge in [0.05, 0.1) is 11.0 Å². The molecule has 0 aliphatic heterocycles. The topological polar surface area (TPSA) is 43.9 Å². The zero-order valence-electron chi connectivity index (χ0n) is 26.1. The quantitative estimate of drug-likeness (QED) is 0.192. The molecule has 0 saturated carbocycles. The van der Waals surface area contributed by atoms with Crippen molar-refractivity contribution in [3.05, 3.63) is 152 Å². The molecule has 0 atom stereocenters. The number of hydrogen-bond acceptors (Lipinski definition) is 4. The molecule has 0 aliphatic carbocycles. The zero-order chi connectivity index (χ0) is 32.1. The number of rotatable bonds is 3. The Morgan fingerprint density at radius 1 is 0.490 bits per heavy atom. The summed E-state index contributed by atoms with van der Waals surface area (Å²) in [5.41, 5.74) is 8.34. The van der Waals surface area contributed by atoms with E-state index in [1.165, 1.54) is 47.3 Å². The van der Waals surface area contributed by atoms with Crippen LogP contribution in [0.5, 0.6) is 0 Å². The summed E-state index contributed by atoms with van der Waals surface area (Å²) in [5, 5.41) is 8.42. The SMILES string of the molecule is c1ccc(-c2ccc(-c3nc4oc5ccccc5c4nc3-n3c4ccccc4c4cc5sc6c7ccccc7ccc6c5cc43)cc2)cc1. The number of furan rings is 1. The Morgan fingerprint density at radius 3 is 2.08 bits per heavy atom. The van der Waals surface area contributed by atoms with Crippen molar-refractivity contribution in [2.45, 2.75) is 0 Å². The maximum absolute atomic E-state index is 6.30. The molecule has 0 spiro atoms. The van der Waals surface area contributed by atoms with Gasteiger partial charge >= 0.3 is 0 Å². The molecule has 0 aliphatic rings. The number of thiophene rings is 1. The van der Waals surface area contributed by atoms with Crippen LogP contribution < -0.4 is 0 Å². The van der Waals surface area contributed by atoms with E-state index < -0.39 is 0 Å². The van der Waals surface area contributed by atoms with E-state index >= 15 is 0 Å². The van der Waals surface area contributed by atoms with Crippen molar-refractivity contribution in [1.82, 2.24) is 14.5 Å². The molecule has 4 aromatic heterocycles. The van der Waals surface area contributed by atoms with Gasteiger partial charge in [-0.25, -0.2) is 9.97 Å². The minimum absolute atomic E-state index is 0.533. The van der Waals surface area contributed by atoms with Crippen molar-refractivity contribution < 1.29 is 4.42 Å². The molecule has 5 heteroatoms. The van der Waals surface area contributed by atoms with Gasteiger partial charge in [0.25, 0.3) is 0 Å². The summed E-state index contributed by atoms with van der Waals surface area (Å²) in [6.07, 6.45) is 0. The van der Waals surface area contributed by atoms with Gasteiger partial charge in [-0.1, -0.05) is 121 Å². The van der Waals surface area contributed by atoms with E-state index in [9.17, 15) is 0 Å². The summed E-state index contributed by atoms with van der Waals surface area (Å²) >= 11 is 1.87.